The summed E-state index contributed by atoms with van der Waals surface area (Å²) in [5.74, 6) is 2.11. The zero-order valence-corrected chi connectivity index (χ0v) is 13.1. The van der Waals surface area contributed by atoms with Crippen LogP contribution in [0.3, 0.4) is 0 Å². The molecule has 0 nitrogen and oxygen atoms in total. The van der Waals surface area contributed by atoms with Crippen molar-refractivity contribution in [2.24, 2.45) is 11.8 Å². The first-order valence-electron chi connectivity index (χ1n) is 8.84. The van der Waals surface area contributed by atoms with E-state index >= 15 is 0 Å². The Balaban J connectivity index is 1.76. The first-order valence-corrected chi connectivity index (χ1v) is 8.84. The van der Waals surface area contributed by atoms with Crippen molar-refractivity contribution in [2.75, 3.05) is 0 Å². The maximum Gasteiger partial charge on any atom is -0.0388 e. The van der Waals surface area contributed by atoms with Gasteiger partial charge in [-0.3, -0.25) is 0 Å². The molecule has 2 unspecified atom stereocenters. The summed E-state index contributed by atoms with van der Waals surface area (Å²) in [7, 11) is 0. The summed E-state index contributed by atoms with van der Waals surface area (Å²) in [6.45, 7) is 4.76. The standard InChI is InChI=1S/C18H36/c1-3-4-5-6-7-8-9-10-11-12-15-18-16-13-14-17(18)2/h17-18H,3-16H2,1-2H3. The second-order valence-electron chi connectivity index (χ2n) is 6.64. The van der Waals surface area contributed by atoms with Crippen LogP contribution in [0.15, 0.2) is 0 Å². The van der Waals surface area contributed by atoms with Crippen LogP contribution in [0, 0.1) is 11.8 Å². The van der Waals surface area contributed by atoms with E-state index in [1.54, 1.807) is 0 Å². The third kappa shape index (κ3) is 7.44. The van der Waals surface area contributed by atoms with Gasteiger partial charge in [0.05, 0.1) is 0 Å². The summed E-state index contributed by atoms with van der Waals surface area (Å²) in [5, 5.41) is 0. The molecular weight excluding hydrogens is 216 g/mol. The van der Waals surface area contributed by atoms with Crippen LogP contribution in [0.25, 0.3) is 0 Å². The molecular formula is C18H36. The van der Waals surface area contributed by atoms with Crippen LogP contribution in [0.1, 0.15) is 104 Å². The Bertz CT molecular complexity index is 173. The summed E-state index contributed by atoms with van der Waals surface area (Å²) in [4.78, 5) is 0. The largest absolute Gasteiger partial charge is 0.0654 e. The molecule has 1 saturated carbocycles. The zero-order valence-electron chi connectivity index (χ0n) is 13.1. The predicted molar refractivity (Wildman–Crippen MR) is 83.0 cm³/mol. The molecule has 0 saturated heterocycles. The molecule has 18 heavy (non-hydrogen) atoms. The lowest BCUT2D eigenvalue weighted by Gasteiger charge is -2.14. The molecule has 1 fully saturated rings. The summed E-state index contributed by atoms with van der Waals surface area (Å²) in [5.41, 5.74) is 0. The number of rotatable bonds is 11. The lowest BCUT2D eigenvalue weighted by Crippen LogP contribution is -2.03. The molecule has 0 aromatic rings. The zero-order chi connectivity index (χ0) is 13.1. The van der Waals surface area contributed by atoms with Crippen molar-refractivity contribution in [3.8, 4) is 0 Å². The fourth-order valence-corrected chi connectivity index (χ4v) is 3.55. The molecule has 0 spiro atoms. The summed E-state index contributed by atoms with van der Waals surface area (Å²) in [6.07, 6.45) is 20.8. The molecule has 1 aliphatic rings. The first-order chi connectivity index (χ1) is 8.84. The summed E-state index contributed by atoms with van der Waals surface area (Å²) >= 11 is 0. The van der Waals surface area contributed by atoms with Crippen molar-refractivity contribution in [3.63, 3.8) is 0 Å². The number of hydrogen-bond donors (Lipinski definition) is 0. The molecule has 0 heterocycles. The molecule has 1 rings (SSSR count). The quantitative estimate of drug-likeness (QED) is 0.357. The van der Waals surface area contributed by atoms with E-state index in [4.69, 9.17) is 0 Å². The van der Waals surface area contributed by atoms with Gasteiger partial charge in [-0.1, -0.05) is 104 Å². The van der Waals surface area contributed by atoms with Crippen molar-refractivity contribution >= 4 is 0 Å². The topological polar surface area (TPSA) is 0 Å². The van der Waals surface area contributed by atoms with Crippen LogP contribution < -0.4 is 0 Å². The van der Waals surface area contributed by atoms with Gasteiger partial charge in [0.15, 0.2) is 0 Å². The Kier molecular flexibility index (Phi) is 9.70. The Morgan fingerprint density at radius 1 is 0.722 bits per heavy atom. The molecule has 0 heteroatoms. The van der Waals surface area contributed by atoms with Crippen molar-refractivity contribution in [1.29, 1.82) is 0 Å². The smallest absolute Gasteiger partial charge is 0.0388 e. The molecule has 0 amide bonds. The van der Waals surface area contributed by atoms with Gasteiger partial charge in [-0.05, 0) is 11.8 Å². The minimum atomic E-state index is 1.03. The molecule has 0 radical (unpaired) electrons. The van der Waals surface area contributed by atoms with E-state index in [1.165, 1.54) is 89.9 Å². The van der Waals surface area contributed by atoms with Crippen LogP contribution in [0.5, 0.6) is 0 Å². The highest BCUT2D eigenvalue weighted by atomic mass is 14.3. The average molecular weight is 252 g/mol. The maximum atomic E-state index is 2.47. The van der Waals surface area contributed by atoms with Crippen LogP contribution in [-0.2, 0) is 0 Å². The first kappa shape index (κ1) is 16.1. The third-order valence-corrected chi connectivity index (χ3v) is 4.97. The fourth-order valence-electron chi connectivity index (χ4n) is 3.55. The van der Waals surface area contributed by atoms with Crippen molar-refractivity contribution in [3.05, 3.63) is 0 Å². The second-order valence-corrected chi connectivity index (χ2v) is 6.64. The highest BCUT2D eigenvalue weighted by Crippen LogP contribution is 2.34. The van der Waals surface area contributed by atoms with E-state index in [0.717, 1.165) is 11.8 Å². The lowest BCUT2D eigenvalue weighted by molar-refractivity contribution is 0.373. The molecule has 0 bridgehead atoms. The SMILES string of the molecule is CCCCCCCCCCCCC1CCCC1C. The molecule has 0 aliphatic heterocycles. The van der Waals surface area contributed by atoms with E-state index in [9.17, 15) is 0 Å². The van der Waals surface area contributed by atoms with Gasteiger partial charge in [-0.2, -0.15) is 0 Å². The molecule has 0 aromatic carbocycles. The maximum absolute atomic E-state index is 2.47. The normalized spacial score (nSPS) is 23.7. The van der Waals surface area contributed by atoms with E-state index in [1.807, 2.05) is 0 Å². The average Bonchev–Trinajstić information content (AvgIpc) is 2.77. The van der Waals surface area contributed by atoms with Crippen LogP contribution in [0.2, 0.25) is 0 Å². The van der Waals surface area contributed by atoms with Gasteiger partial charge in [-0.15, -0.1) is 0 Å². The summed E-state index contributed by atoms with van der Waals surface area (Å²) < 4.78 is 0. The van der Waals surface area contributed by atoms with E-state index in [2.05, 4.69) is 13.8 Å². The minimum absolute atomic E-state index is 1.03. The van der Waals surface area contributed by atoms with Gasteiger partial charge in [0.25, 0.3) is 0 Å². The molecule has 0 N–H and O–H groups in total. The van der Waals surface area contributed by atoms with Gasteiger partial charge in [0.2, 0.25) is 0 Å². The van der Waals surface area contributed by atoms with Crippen molar-refractivity contribution in [1.82, 2.24) is 0 Å². The highest BCUT2D eigenvalue weighted by Gasteiger charge is 2.22. The van der Waals surface area contributed by atoms with E-state index in [-0.39, 0.29) is 0 Å². The van der Waals surface area contributed by atoms with Crippen LogP contribution >= 0.6 is 0 Å². The minimum Gasteiger partial charge on any atom is -0.0654 e. The van der Waals surface area contributed by atoms with Crippen molar-refractivity contribution < 1.29 is 0 Å². The van der Waals surface area contributed by atoms with Crippen molar-refractivity contribution in [2.45, 2.75) is 104 Å². The van der Waals surface area contributed by atoms with Gasteiger partial charge < -0.3 is 0 Å². The fraction of sp³-hybridized carbons (Fsp3) is 1.00. The Hall–Kier alpha value is 0. The molecule has 108 valence electrons. The van der Waals surface area contributed by atoms with Gasteiger partial charge >= 0.3 is 0 Å². The van der Waals surface area contributed by atoms with Gasteiger partial charge in [0, 0.05) is 0 Å². The molecule has 1 aliphatic carbocycles. The molecule has 2 atom stereocenters. The van der Waals surface area contributed by atoms with Crippen LogP contribution in [-0.4, -0.2) is 0 Å². The highest BCUT2D eigenvalue weighted by molar-refractivity contribution is 4.73. The second kappa shape index (κ2) is 10.9. The molecule has 0 aromatic heterocycles. The predicted octanol–water partition coefficient (Wildman–Crippen LogP) is 6.73. The Morgan fingerprint density at radius 2 is 1.28 bits per heavy atom. The van der Waals surface area contributed by atoms with E-state index in [0.29, 0.717) is 0 Å². The Morgan fingerprint density at radius 3 is 1.78 bits per heavy atom. The summed E-state index contributed by atoms with van der Waals surface area (Å²) in [6, 6.07) is 0. The number of hydrogen-bond acceptors (Lipinski definition) is 0. The third-order valence-electron chi connectivity index (χ3n) is 4.97. The number of unbranched alkanes of at least 4 members (excludes halogenated alkanes) is 9. The Labute approximate surface area is 116 Å². The van der Waals surface area contributed by atoms with E-state index < -0.39 is 0 Å². The van der Waals surface area contributed by atoms with Crippen LogP contribution in [0.4, 0.5) is 0 Å². The van der Waals surface area contributed by atoms with Gasteiger partial charge in [-0.25, -0.2) is 0 Å². The van der Waals surface area contributed by atoms with Gasteiger partial charge in [0.1, 0.15) is 0 Å². The monoisotopic (exact) mass is 252 g/mol. The lowest BCUT2D eigenvalue weighted by atomic mass is 9.92.